The van der Waals surface area contributed by atoms with Gasteiger partial charge in [-0.25, -0.2) is 4.79 Å². The summed E-state index contributed by atoms with van der Waals surface area (Å²) < 4.78 is 0. The van der Waals surface area contributed by atoms with Gasteiger partial charge in [0.2, 0.25) is 6.41 Å². The van der Waals surface area contributed by atoms with E-state index in [2.05, 4.69) is 10.2 Å². The first-order valence-corrected chi connectivity index (χ1v) is 4.87. The van der Waals surface area contributed by atoms with Gasteiger partial charge in [-0.05, 0) is 19.3 Å². The molecule has 0 bridgehead atoms. The van der Waals surface area contributed by atoms with Crippen molar-refractivity contribution in [2.24, 2.45) is 0 Å². The van der Waals surface area contributed by atoms with E-state index in [1.54, 1.807) is 0 Å². The number of carbonyl (C=O) groups is 2. The molecule has 1 amide bonds. The normalized spacial score (nSPS) is 32.9. The van der Waals surface area contributed by atoms with Crippen molar-refractivity contribution in [3.63, 3.8) is 0 Å². The van der Waals surface area contributed by atoms with Gasteiger partial charge in [0.25, 0.3) is 0 Å². The number of rotatable bonds is 4. The van der Waals surface area contributed by atoms with Gasteiger partial charge >= 0.3 is 5.97 Å². The fourth-order valence-electron chi connectivity index (χ4n) is 2.06. The fraction of sp³-hybridized carbons (Fsp3) is 0.778. The van der Waals surface area contributed by atoms with Gasteiger partial charge in [-0.15, -0.1) is 0 Å². The number of nitrogens with one attached hydrogen (secondary N) is 1. The average Bonchev–Trinajstić information content (AvgIpc) is 2.89. The average molecular weight is 198 g/mol. The van der Waals surface area contributed by atoms with Crippen LogP contribution in [0, 0.1) is 0 Å². The van der Waals surface area contributed by atoms with Gasteiger partial charge in [-0.2, -0.15) is 0 Å². The summed E-state index contributed by atoms with van der Waals surface area (Å²) in [5.41, 5.74) is -1.04. The van der Waals surface area contributed by atoms with E-state index >= 15 is 0 Å². The summed E-state index contributed by atoms with van der Waals surface area (Å²) in [6.45, 7) is 1.23. The molecule has 1 saturated heterocycles. The Morgan fingerprint density at radius 3 is 2.79 bits per heavy atom. The van der Waals surface area contributed by atoms with E-state index in [0.717, 1.165) is 19.4 Å². The molecule has 2 fully saturated rings. The quantitative estimate of drug-likeness (QED) is 0.593. The zero-order valence-electron chi connectivity index (χ0n) is 7.90. The molecule has 1 atom stereocenters. The van der Waals surface area contributed by atoms with Gasteiger partial charge in [0.05, 0.1) is 0 Å². The Morgan fingerprint density at radius 2 is 2.29 bits per heavy atom. The maximum atomic E-state index is 11.1. The second kappa shape index (κ2) is 3.24. The van der Waals surface area contributed by atoms with Crippen LogP contribution in [-0.4, -0.2) is 47.1 Å². The first-order chi connectivity index (χ1) is 6.68. The lowest BCUT2D eigenvalue weighted by Crippen LogP contribution is -2.53. The number of aliphatic carboxylic acids is 1. The smallest absolute Gasteiger partial charge is 0.330 e. The second-order valence-electron chi connectivity index (χ2n) is 4.10. The molecule has 2 N–H and O–H groups in total. The van der Waals surface area contributed by atoms with E-state index in [0.29, 0.717) is 25.4 Å². The minimum atomic E-state index is -1.04. The number of likely N-dealkylation sites (tertiary alicyclic amines) is 1. The Labute approximate surface area is 82.1 Å². The molecule has 1 aliphatic heterocycles. The van der Waals surface area contributed by atoms with Crippen molar-refractivity contribution in [3.05, 3.63) is 0 Å². The Morgan fingerprint density at radius 1 is 1.57 bits per heavy atom. The van der Waals surface area contributed by atoms with Crippen molar-refractivity contribution in [2.45, 2.75) is 30.8 Å². The molecule has 0 spiro atoms. The molecule has 0 aromatic heterocycles. The van der Waals surface area contributed by atoms with Crippen LogP contribution >= 0.6 is 0 Å². The van der Waals surface area contributed by atoms with Gasteiger partial charge in [-0.1, -0.05) is 0 Å². The summed E-state index contributed by atoms with van der Waals surface area (Å²) in [6.07, 6.45) is 3.33. The molecular weight excluding hydrogens is 184 g/mol. The van der Waals surface area contributed by atoms with Crippen molar-refractivity contribution in [2.75, 3.05) is 13.1 Å². The minimum absolute atomic E-state index is 0.450. The third-order valence-corrected chi connectivity index (χ3v) is 3.11. The number of hydrogen-bond donors (Lipinski definition) is 2. The van der Waals surface area contributed by atoms with Crippen LogP contribution < -0.4 is 5.32 Å². The standard InChI is InChI=1S/C9H14N2O3/c12-6-10-9(8(13)14)3-4-11(5-9)7-1-2-7/h6-7H,1-5H2,(H,10,12)(H,13,14). The maximum absolute atomic E-state index is 11.1. The van der Waals surface area contributed by atoms with Crippen molar-refractivity contribution in [1.82, 2.24) is 10.2 Å². The largest absolute Gasteiger partial charge is 0.479 e. The van der Waals surface area contributed by atoms with Crippen LogP contribution in [0.25, 0.3) is 0 Å². The van der Waals surface area contributed by atoms with Crippen LogP contribution in [0.4, 0.5) is 0 Å². The summed E-state index contributed by atoms with van der Waals surface area (Å²) in [6, 6.07) is 0.560. The molecule has 0 aromatic carbocycles. The number of amides is 1. The number of hydrogen-bond acceptors (Lipinski definition) is 3. The fourth-order valence-corrected chi connectivity index (χ4v) is 2.06. The molecule has 1 heterocycles. The second-order valence-corrected chi connectivity index (χ2v) is 4.10. The van der Waals surface area contributed by atoms with E-state index in [4.69, 9.17) is 5.11 Å². The predicted octanol–water partition coefficient (Wildman–Crippen LogP) is -0.576. The molecule has 0 aromatic rings. The van der Waals surface area contributed by atoms with E-state index in [9.17, 15) is 9.59 Å². The Hall–Kier alpha value is -1.10. The minimum Gasteiger partial charge on any atom is -0.479 e. The third kappa shape index (κ3) is 1.48. The van der Waals surface area contributed by atoms with Crippen LogP contribution in [0.15, 0.2) is 0 Å². The lowest BCUT2D eigenvalue weighted by atomic mass is 9.99. The summed E-state index contributed by atoms with van der Waals surface area (Å²) >= 11 is 0. The van der Waals surface area contributed by atoms with Crippen molar-refractivity contribution < 1.29 is 14.7 Å². The van der Waals surface area contributed by atoms with Gasteiger partial charge in [0.1, 0.15) is 0 Å². The highest BCUT2D eigenvalue weighted by molar-refractivity contribution is 5.82. The van der Waals surface area contributed by atoms with E-state index in [1.807, 2.05) is 0 Å². The summed E-state index contributed by atoms with van der Waals surface area (Å²) in [5, 5.41) is 11.5. The zero-order valence-corrected chi connectivity index (χ0v) is 7.90. The first kappa shape index (κ1) is 9.45. The number of carbonyl (C=O) groups excluding carboxylic acids is 1. The van der Waals surface area contributed by atoms with E-state index in [-0.39, 0.29) is 0 Å². The van der Waals surface area contributed by atoms with E-state index in [1.165, 1.54) is 0 Å². The Bertz CT molecular complexity index is 265. The molecule has 2 rings (SSSR count). The highest BCUT2D eigenvalue weighted by Gasteiger charge is 2.48. The molecule has 78 valence electrons. The summed E-state index contributed by atoms with van der Waals surface area (Å²) in [7, 11) is 0. The number of carboxylic acid groups (broad SMARTS) is 1. The molecule has 2 aliphatic rings. The SMILES string of the molecule is O=CNC1(C(=O)O)CCN(C2CC2)C1. The lowest BCUT2D eigenvalue weighted by molar-refractivity contribution is -0.145. The molecule has 1 saturated carbocycles. The van der Waals surface area contributed by atoms with Crippen LogP contribution in [0.5, 0.6) is 0 Å². The molecule has 0 radical (unpaired) electrons. The van der Waals surface area contributed by atoms with Gasteiger partial charge in [0, 0.05) is 19.1 Å². The maximum Gasteiger partial charge on any atom is 0.330 e. The highest BCUT2D eigenvalue weighted by atomic mass is 16.4. The molecule has 1 aliphatic carbocycles. The summed E-state index contributed by atoms with van der Waals surface area (Å²) in [4.78, 5) is 23.6. The first-order valence-electron chi connectivity index (χ1n) is 4.87. The van der Waals surface area contributed by atoms with E-state index < -0.39 is 11.5 Å². The zero-order chi connectivity index (χ0) is 10.2. The van der Waals surface area contributed by atoms with Crippen molar-refractivity contribution in [3.8, 4) is 0 Å². The van der Waals surface area contributed by atoms with Crippen LogP contribution in [0.3, 0.4) is 0 Å². The number of nitrogens with zero attached hydrogens (tertiary/aromatic N) is 1. The predicted molar refractivity (Wildman–Crippen MR) is 48.8 cm³/mol. The molecule has 5 heteroatoms. The monoisotopic (exact) mass is 198 g/mol. The van der Waals surface area contributed by atoms with Crippen LogP contribution in [-0.2, 0) is 9.59 Å². The Kier molecular flexibility index (Phi) is 2.19. The summed E-state index contributed by atoms with van der Waals surface area (Å²) in [5.74, 6) is -0.923. The van der Waals surface area contributed by atoms with Crippen molar-refractivity contribution in [1.29, 1.82) is 0 Å². The molecule has 1 unspecified atom stereocenters. The van der Waals surface area contributed by atoms with Gasteiger partial charge < -0.3 is 10.4 Å². The van der Waals surface area contributed by atoms with Crippen molar-refractivity contribution >= 4 is 12.4 Å². The Balaban J connectivity index is 2.05. The van der Waals surface area contributed by atoms with Gasteiger partial charge in [0.15, 0.2) is 5.54 Å². The highest BCUT2D eigenvalue weighted by Crippen LogP contribution is 2.33. The number of carboxylic acids is 1. The lowest BCUT2D eigenvalue weighted by Gasteiger charge is -2.23. The third-order valence-electron chi connectivity index (χ3n) is 3.11. The molecule has 5 nitrogen and oxygen atoms in total. The molecule has 14 heavy (non-hydrogen) atoms. The topological polar surface area (TPSA) is 69.6 Å². The van der Waals surface area contributed by atoms with Crippen LogP contribution in [0.1, 0.15) is 19.3 Å². The van der Waals surface area contributed by atoms with Crippen LogP contribution in [0.2, 0.25) is 0 Å². The molecular formula is C9H14N2O3. The van der Waals surface area contributed by atoms with Gasteiger partial charge in [-0.3, -0.25) is 9.69 Å².